The molecule has 6 heteroatoms. The van der Waals surface area contributed by atoms with Crippen molar-refractivity contribution in [3.05, 3.63) is 59.4 Å². The summed E-state index contributed by atoms with van der Waals surface area (Å²) in [5.41, 5.74) is 1.65. The number of rotatable bonds is 8. The smallest absolute Gasteiger partial charge is 0.234 e. The van der Waals surface area contributed by atoms with Gasteiger partial charge in [0.2, 0.25) is 5.91 Å². The molecule has 0 spiro atoms. The maximum absolute atomic E-state index is 13.7. The van der Waals surface area contributed by atoms with Crippen LogP contribution in [-0.2, 0) is 11.2 Å². The quantitative estimate of drug-likeness (QED) is 0.756. The number of ether oxygens (including phenoxy) is 2. The molecule has 2 aromatic carbocycles. The SMILES string of the molecule is COc1ccc(OC)c([C@H]2CCCN2CC(=O)NCCc2ccccc2F)c1. The maximum atomic E-state index is 13.7. The lowest BCUT2D eigenvalue weighted by Crippen LogP contribution is -2.37. The van der Waals surface area contributed by atoms with Crippen LogP contribution < -0.4 is 14.8 Å². The molecule has 5 nitrogen and oxygen atoms in total. The van der Waals surface area contributed by atoms with Crippen molar-refractivity contribution in [2.24, 2.45) is 0 Å². The van der Waals surface area contributed by atoms with Crippen molar-refractivity contribution in [1.29, 1.82) is 0 Å². The van der Waals surface area contributed by atoms with E-state index >= 15 is 0 Å². The minimum absolute atomic E-state index is 0.0508. The first kappa shape index (κ1) is 20.1. The number of benzene rings is 2. The highest BCUT2D eigenvalue weighted by atomic mass is 19.1. The molecule has 1 atom stereocenters. The van der Waals surface area contributed by atoms with E-state index in [0.717, 1.165) is 36.4 Å². The summed E-state index contributed by atoms with van der Waals surface area (Å²) < 4.78 is 24.5. The fourth-order valence-corrected chi connectivity index (χ4v) is 3.75. The van der Waals surface area contributed by atoms with Gasteiger partial charge in [-0.05, 0) is 55.6 Å². The molecule has 0 saturated carbocycles. The lowest BCUT2D eigenvalue weighted by molar-refractivity contribution is -0.122. The minimum Gasteiger partial charge on any atom is -0.497 e. The van der Waals surface area contributed by atoms with Gasteiger partial charge in [-0.25, -0.2) is 4.39 Å². The lowest BCUT2D eigenvalue weighted by atomic mass is 10.0. The summed E-state index contributed by atoms with van der Waals surface area (Å²) in [5, 5.41) is 2.91. The topological polar surface area (TPSA) is 50.8 Å². The molecule has 0 aliphatic carbocycles. The highest BCUT2D eigenvalue weighted by Gasteiger charge is 2.30. The molecular weight excluding hydrogens is 359 g/mol. The molecular formula is C22H27FN2O3. The Balaban J connectivity index is 1.59. The van der Waals surface area contributed by atoms with Gasteiger partial charge in [0.1, 0.15) is 17.3 Å². The summed E-state index contributed by atoms with van der Waals surface area (Å²) in [6.07, 6.45) is 2.46. The van der Waals surface area contributed by atoms with Crippen LogP contribution in [0.4, 0.5) is 4.39 Å². The van der Waals surface area contributed by atoms with Gasteiger partial charge in [-0.15, -0.1) is 0 Å². The average molecular weight is 386 g/mol. The summed E-state index contributed by atoms with van der Waals surface area (Å²) in [7, 11) is 3.29. The fraction of sp³-hybridized carbons (Fsp3) is 0.409. The highest BCUT2D eigenvalue weighted by molar-refractivity contribution is 5.78. The van der Waals surface area contributed by atoms with Gasteiger partial charge in [-0.3, -0.25) is 9.69 Å². The predicted molar refractivity (Wildman–Crippen MR) is 106 cm³/mol. The number of methoxy groups -OCH3 is 2. The van der Waals surface area contributed by atoms with Gasteiger partial charge >= 0.3 is 0 Å². The highest BCUT2D eigenvalue weighted by Crippen LogP contribution is 2.38. The van der Waals surface area contributed by atoms with Crippen LogP contribution in [0.15, 0.2) is 42.5 Å². The van der Waals surface area contributed by atoms with Gasteiger partial charge < -0.3 is 14.8 Å². The molecule has 1 heterocycles. The van der Waals surface area contributed by atoms with Crippen molar-refractivity contribution < 1.29 is 18.7 Å². The van der Waals surface area contributed by atoms with Crippen molar-refractivity contribution in [3.8, 4) is 11.5 Å². The van der Waals surface area contributed by atoms with E-state index in [1.165, 1.54) is 6.07 Å². The van der Waals surface area contributed by atoms with Gasteiger partial charge in [0.25, 0.3) is 0 Å². The molecule has 0 unspecified atom stereocenters. The number of hydrogen-bond donors (Lipinski definition) is 1. The number of carbonyl (C=O) groups is 1. The number of hydrogen-bond acceptors (Lipinski definition) is 4. The molecule has 0 radical (unpaired) electrons. The largest absolute Gasteiger partial charge is 0.497 e. The Hall–Kier alpha value is -2.60. The van der Waals surface area contributed by atoms with Crippen LogP contribution in [0.5, 0.6) is 11.5 Å². The van der Waals surface area contributed by atoms with Crippen LogP contribution in [0.2, 0.25) is 0 Å². The van der Waals surface area contributed by atoms with E-state index in [9.17, 15) is 9.18 Å². The molecule has 0 bridgehead atoms. The first-order valence-electron chi connectivity index (χ1n) is 9.58. The van der Waals surface area contributed by atoms with Crippen molar-refractivity contribution in [1.82, 2.24) is 10.2 Å². The van der Waals surface area contributed by atoms with Crippen molar-refractivity contribution >= 4 is 5.91 Å². The molecule has 1 N–H and O–H groups in total. The van der Waals surface area contributed by atoms with Crippen LogP contribution in [-0.4, -0.2) is 44.7 Å². The summed E-state index contributed by atoms with van der Waals surface area (Å²) in [4.78, 5) is 14.6. The summed E-state index contributed by atoms with van der Waals surface area (Å²) in [6.45, 7) is 1.58. The van der Waals surface area contributed by atoms with Crippen LogP contribution in [0.1, 0.15) is 30.0 Å². The Morgan fingerprint density at radius 3 is 2.79 bits per heavy atom. The molecule has 28 heavy (non-hydrogen) atoms. The molecule has 150 valence electrons. The Labute approximate surface area is 165 Å². The second-order valence-electron chi connectivity index (χ2n) is 6.93. The molecule has 1 aliphatic rings. The van der Waals surface area contributed by atoms with Gasteiger partial charge in [0, 0.05) is 18.2 Å². The van der Waals surface area contributed by atoms with Gasteiger partial charge in [0.15, 0.2) is 0 Å². The zero-order valence-electron chi connectivity index (χ0n) is 16.4. The third kappa shape index (κ3) is 4.81. The second-order valence-corrected chi connectivity index (χ2v) is 6.93. The van der Waals surface area contributed by atoms with Crippen LogP contribution in [0.25, 0.3) is 0 Å². The molecule has 0 aromatic heterocycles. The van der Waals surface area contributed by atoms with Crippen LogP contribution in [0, 0.1) is 5.82 Å². The first-order valence-corrected chi connectivity index (χ1v) is 9.58. The molecule has 2 aromatic rings. The number of amides is 1. The van der Waals surface area contributed by atoms with Gasteiger partial charge in [0.05, 0.1) is 20.8 Å². The average Bonchev–Trinajstić information content (AvgIpc) is 3.16. The zero-order chi connectivity index (χ0) is 19.9. The minimum atomic E-state index is -0.235. The van der Waals surface area contributed by atoms with Crippen molar-refractivity contribution in [3.63, 3.8) is 0 Å². The molecule has 3 rings (SSSR count). The van der Waals surface area contributed by atoms with E-state index in [4.69, 9.17) is 9.47 Å². The van der Waals surface area contributed by atoms with E-state index in [2.05, 4.69) is 10.2 Å². The van der Waals surface area contributed by atoms with E-state index in [-0.39, 0.29) is 17.8 Å². The van der Waals surface area contributed by atoms with Gasteiger partial charge in [-0.2, -0.15) is 0 Å². The van der Waals surface area contributed by atoms with Crippen molar-refractivity contribution in [2.75, 3.05) is 33.9 Å². The normalized spacial score (nSPS) is 16.8. The van der Waals surface area contributed by atoms with E-state index in [1.807, 2.05) is 18.2 Å². The predicted octanol–water partition coefficient (Wildman–Crippen LogP) is 3.34. The Bertz CT molecular complexity index is 812. The number of nitrogens with one attached hydrogen (secondary N) is 1. The van der Waals surface area contributed by atoms with E-state index in [0.29, 0.717) is 25.1 Å². The maximum Gasteiger partial charge on any atom is 0.234 e. The third-order valence-corrected chi connectivity index (χ3v) is 5.18. The third-order valence-electron chi connectivity index (χ3n) is 5.18. The van der Waals surface area contributed by atoms with E-state index < -0.39 is 0 Å². The zero-order valence-corrected chi connectivity index (χ0v) is 16.4. The van der Waals surface area contributed by atoms with Crippen molar-refractivity contribution in [2.45, 2.75) is 25.3 Å². The standard InChI is InChI=1S/C22H27FN2O3/c1-27-17-9-10-21(28-2)18(14-17)20-8-5-13-25(20)15-22(26)24-12-11-16-6-3-4-7-19(16)23/h3-4,6-7,9-10,14,20H,5,8,11-13,15H2,1-2H3,(H,24,26)/t20-/m1/s1. The van der Waals surface area contributed by atoms with Crippen LogP contribution >= 0.6 is 0 Å². The second kappa shape index (κ2) is 9.55. The molecule has 1 amide bonds. The van der Waals surface area contributed by atoms with Gasteiger partial charge in [-0.1, -0.05) is 18.2 Å². The Morgan fingerprint density at radius 2 is 2.04 bits per heavy atom. The number of likely N-dealkylation sites (tertiary alicyclic amines) is 1. The first-order chi connectivity index (χ1) is 13.6. The lowest BCUT2D eigenvalue weighted by Gasteiger charge is -2.26. The Morgan fingerprint density at radius 1 is 1.21 bits per heavy atom. The number of nitrogens with zero attached hydrogens (tertiary/aromatic N) is 1. The van der Waals surface area contributed by atoms with Crippen LogP contribution in [0.3, 0.4) is 0 Å². The Kier molecular flexibility index (Phi) is 6.87. The molecule has 1 saturated heterocycles. The summed E-state index contributed by atoms with van der Waals surface area (Å²) >= 11 is 0. The van der Waals surface area contributed by atoms with E-state index in [1.54, 1.807) is 32.4 Å². The number of halogens is 1. The fourth-order valence-electron chi connectivity index (χ4n) is 3.75. The monoisotopic (exact) mass is 386 g/mol. The molecule has 1 fully saturated rings. The number of carbonyl (C=O) groups excluding carboxylic acids is 1. The summed E-state index contributed by atoms with van der Waals surface area (Å²) in [6, 6.07) is 12.5. The summed E-state index contributed by atoms with van der Waals surface area (Å²) in [5.74, 6) is 1.29. The molecule has 1 aliphatic heterocycles.